The van der Waals surface area contributed by atoms with Gasteiger partial charge in [0, 0.05) is 17.7 Å². The molecule has 2 heterocycles. The van der Waals surface area contributed by atoms with E-state index in [4.69, 9.17) is 0 Å². The quantitative estimate of drug-likeness (QED) is 0.264. The molecular weight excluding hydrogens is 443 g/mol. The van der Waals surface area contributed by atoms with Crippen LogP contribution in [0.25, 0.3) is 5.65 Å². The smallest absolute Gasteiger partial charge is 0.260 e. The van der Waals surface area contributed by atoms with E-state index in [1.807, 2.05) is 0 Å². The summed E-state index contributed by atoms with van der Waals surface area (Å²) in [6.45, 7) is 0. The standard InChI is InChI=1S/C15H8F7N7O2/c16-13(17,14(18,19)15(20,21)22)12-26-25-11-5-4-10(27-28(11)12)24-23-7-8-2-1-3-9(6-8)29(30)31/h1-7H,(H,24,27)/b23-7-. The van der Waals surface area contributed by atoms with E-state index in [1.54, 1.807) is 0 Å². The molecule has 1 aromatic carbocycles. The fraction of sp³-hybridized carbons (Fsp3) is 0.200. The Morgan fingerprint density at radius 2 is 1.77 bits per heavy atom. The summed E-state index contributed by atoms with van der Waals surface area (Å²) in [6.07, 6.45) is -5.46. The van der Waals surface area contributed by atoms with Gasteiger partial charge in [0.2, 0.25) is 5.82 Å². The summed E-state index contributed by atoms with van der Waals surface area (Å²) in [5, 5.41) is 23.7. The third kappa shape index (κ3) is 3.95. The lowest BCUT2D eigenvalue weighted by atomic mass is 10.1. The highest BCUT2D eigenvalue weighted by Crippen LogP contribution is 2.51. The zero-order valence-electron chi connectivity index (χ0n) is 14.7. The summed E-state index contributed by atoms with van der Waals surface area (Å²) in [5.41, 5.74) is 1.74. The summed E-state index contributed by atoms with van der Waals surface area (Å²) < 4.78 is 91.8. The molecule has 2 aromatic heterocycles. The van der Waals surface area contributed by atoms with Gasteiger partial charge in [0.1, 0.15) is 0 Å². The second kappa shape index (κ2) is 7.44. The van der Waals surface area contributed by atoms with Gasteiger partial charge in [0.05, 0.1) is 11.1 Å². The normalized spacial score (nSPS) is 13.1. The van der Waals surface area contributed by atoms with E-state index >= 15 is 0 Å². The molecule has 0 spiro atoms. The van der Waals surface area contributed by atoms with Crippen LogP contribution in [0.15, 0.2) is 41.5 Å². The largest absolute Gasteiger partial charge is 0.460 e. The first kappa shape index (κ1) is 21.8. The second-order valence-electron chi connectivity index (χ2n) is 5.88. The number of benzene rings is 1. The van der Waals surface area contributed by atoms with Crippen LogP contribution >= 0.6 is 0 Å². The summed E-state index contributed by atoms with van der Waals surface area (Å²) in [6, 6.07) is 7.29. The molecule has 0 bridgehead atoms. The van der Waals surface area contributed by atoms with Crippen LogP contribution in [0.3, 0.4) is 0 Å². The number of nitro benzene ring substituents is 1. The molecule has 0 aliphatic carbocycles. The van der Waals surface area contributed by atoms with E-state index in [1.165, 1.54) is 24.3 Å². The summed E-state index contributed by atoms with van der Waals surface area (Å²) in [7, 11) is 0. The van der Waals surface area contributed by atoms with Gasteiger partial charge in [-0.15, -0.1) is 15.3 Å². The van der Waals surface area contributed by atoms with E-state index in [0.29, 0.717) is 0 Å². The Labute approximate surface area is 166 Å². The number of nitrogens with zero attached hydrogens (tertiary/aromatic N) is 6. The van der Waals surface area contributed by atoms with Crippen molar-refractivity contribution in [2.45, 2.75) is 18.0 Å². The number of hydrogen-bond donors (Lipinski definition) is 1. The summed E-state index contributed by atoms with van der Waals surface area (Å²) in [5.74, 6) is -14.6. The fourth-order valence-electron chi connectivity index (χ4n) is 2.25. The number of non-ortho nitro benzene ring substituents is 1. The molecule has 16 heteroatoms. The van der Waals surface area contributed by atoms with Crippen molar-refractivity contribution < 1.29 is 35.7 Å². The minimum Gasteiger partial charge on any atom is -0.260 e. The van der Waals surface area contributed by atoms with E-state index in [9.17, 15) is 40.8 Å². The molecule has 9 nitrogen and oxygen atoms in total. The molecule has 0 amide bonds. The SMILES string of the molecule is O=[N+]([O-])c1cccc(/C=N\Nc2ccc3nnc(C(F)(F)C(F)(F)C(F)(F)F)n3n2)c1. The summed E-state index contributed by atoms with van der Waals surface area (Å²) >= 11 is 0. The minimum atomic E-state index is -6.55. The van der Waals surface area contributed by atoms with Gasteiger partial charge in [-0.25, -0.2) is 0 Å². The van der Waals surface area contributed by atoms with Crippen LogP contribution < -0.4 is 5.43 Å². The number of hydrazone groups is 1. The number of halogens is 7. The lowest BCUT2D eigenvalue weighted by Crippen LogP contribution is -2.51. The molecule has 0 aliphatic rings. The highest BCUT2D eigenvalue weighted by Gasteiger charge is 2.75. The van der Waals surface area contributed by atoms with Gasteiger partial charge >= 0.3 is 18.0 Å². The molecule has 0 saturated carbocycles. The molecule has 3 rings (SSSR count). The average Bonchev–Trinajstić information content (AvgIpc) is 3.11. The van der Waals surface area contributed by atoms with Gasteiger partial charge in [-0.05, 0) is 12.1 Å². The first-order valence-corrected chi connectivity index (χ1v) is 7.93. The molecule has 3 aromatic rings. The number of fused-ring (bicyclic) bond motifs is 1. The molecule has 0 atom stereocenters. The van der Waals surface area contributed by atoms with Crippen LogP contribution in [0.4, 0.5) is 42.2 Å². The predicted molar refractivity (Wildman–Crippen MR) is 90.0 cm³/mol. The third-order valence-corrected chi connectivity index (χ3v) is 3.77. The van der Waals surface area contributed by atoms with Crippen molar-refractivity contribution in [3.63, 3.8) is 0 Å². The summed E-state index contributed by atoms with van der Waals surface area (Å²) in [4.78, 5) is 10.1. The van der Waals surface area contributed by atoms with Gasteiger partial charge in [0.15, 0.2) is 11.5 Å². The zero-order chi connectivity index (χ0) is 23.0. The Morgan fingerprint density at radius 1 is 1.06 bits per heavy atom. The maximum Gasteiger partial charge on any atom is 0.460 e. The highest BCUT2D eigenvalue weighted by molar-refractivity contribution is 5.81. The Hall–Kier alpha value is -3.85. The number of hydrogen-bond acceptors (Lipinski definition) is 7. The van der Waals surface area contributed by atoms with Crippen molar-refractivity contribution in [3.05, 3.63) is 57.9 Å². The van der Waals surface area contributed by atoms with Gasteiger partial charge in [-0.2, -0.15) is 40.3 Å². The van der Waals surface area contributed by atoms with E-state index in [0.717, 1.165) is 18.3 Å². The number of anilines is 1. The maximum atomic E-state index is 14.0. The van der Waals surface area contributed by atoms with Crippen molar-refractivity contribution in [2.75, 3.05) is 5.43 Å². The molecule has 0 radical (unpaired) electrons. The molecule has 0 fully saturated rings. The fourth-order valence-corrected chi connectivity index (χ4v) is 2.25. The van der Waals surface area contributed by atoms with Crippen molar-refractivity contribution in [1.82, 2.24) is 19.8 Å². The lowest BCUT2D eigenvalue weighted by Gasteiger charge is -2.26. The van der Waals surface area contributed by atoms with Crippen LogP contribution in [-0.2, 0) is 5.92 Å². The van der Waals surface area contributed by atoms with Crippen molar-refractivity contribution in [3.8, 4) is 0 Å². The first-order chi connectivity index (χ1) is 14.3. The number of nitro groups is 1. The van der Waals surface area contributed by atoms with E-state index < -0.39 is 34.4 Å². The number of alkyl halides is 7. The monoisotopic (exact) mass is 451 g/mol. The Bertz CT molecular complexity index is 1160. The molecule has 0 unspecified atom stereocenters. The van der Waals surface area contributed by atoms with Crippen LogP contribution in [0.2, 0.25) is 0 Å². The van der Waals surface area contributed by atoms with Crippen LogP contribution in [0, 0.1) is 10.1 Å². The average molecular weight is 451 g/mol. The molecule has 31 heavy (non-hydrogen) atoms. The van der Waals surface area contributed by atoms with Crippen LogP contribution in [0.5, 0.6) is 0 Å². The zero-order valence-corrected chi connectivity index (χ0v) is 14.7. The maximum absolute atomic E-state index is 14.0. The van der Waals surface area contributed by atoms with Crippen LogP contribution in [-0.4, -0.2) is 43.0 Å². The predicted octanol–water partition coefficient (Wildman–Crippen LogP) is 3.77. The van der Waals surface area contributed by atoms with Gasteiger partial charge in [-0.1, -0.05) is 12.1 Å². The van der Waals surface area contributed by atoms with Gasteiger partial charge in [0.25, 0.3) is 5.69 Å². The van der Waals surface area contributed by atoms with E-state index in [-0.39, 0.29) is 21.6 Å². The lowest BCUT2D eigenvalue weighted by molar-refractivity contribution is -0.384. The molecule has 1 N–H and O–H groups in total. The minimum absolute atomic E-state index is 0.0187. The molecular formula is C15H8F7N7O2. The Kier molecular flexibility index (Phi) is 5.24. The highest BCUT2D eigenvalue weighted by atomic mass is 19.4. The van der Waals surface area contributed by atoms with E-state index in [2.05, 4.69) is 25.8 Å². The topological polar surface area (TPSA) is 111 Å². The number of rotatable bonds is 6. The molecule has 164 valence electrons. The number of aromatic nitrogens is 4. The molecule has 0 saturated heterocycles. The Balaban J connectivity index is 1.90. The van der Waals surface area contributed by atoms with Gasteiger partial charge in [-0.3, -0.25) is 15.5 Å². The van der Waals surface area contributed by atoms with Crippen molar-refractivity contribution in [1.29, 1.82) is 0 Å². The van der Waals surface area contributed by atoms with Gasteiger partial charge < -0.3 is 0 Å². The Morgan fingerprint density at radius 3 is 2.42 bits per heavy atom. The number of nitrogens with one attached hydrogen (secondary N) is 1. The van der Waals surface area contributed by atoms with Crippen molar-refractivity contribution in [2.24, 2.45) is 5.10 Å². The molecule has 0 aliphatic heterocycles. The van der Waals surface area contributed by atoms with Crippen LogP contribution in [0.1, 0.15) is 11.4 Å². The second-order valence-corrected chi connectivity index (χ2v) is 5.88. The van der Waals surface area contributed by atoms with Crippen molar-refractivity contribution >= 4 is 23.4 Å². The third-order valence-electron chi connectivity index (χ3n) is 3.77. The first-order valence-electron chi connectivity index (χ1n) is 7.93.